The first-order valence-electron chi connectivity index (χ1n) is 21.3. The van der Waals surface area contributed by atoms with Crippen LogP contribution >= 0.6 is 0 Å². The Labute approximate surface area is 313 Å². The van der Waals surface area contributed by atoms with Crippen molar-refractivity contribution < 1.29 is 33.6 Å². The molecule has 14 atom stereocenters. The molecule has 8 unspecified atom stereocenters. The minimum atomic E-state index is -0.541. The van der Waals surface area contributed by atoms with Crippen molar-refractivity contribution >= 4 is 12.0 Å². The van der Waals surface area contributed by atoms with Gasteiger partial charge in [0.1, 0.15) is 6.10 Å². The van der Waals surface area contributed by atoms with Crippen LogP contribution in [0.5, 0.6) is 0 Å². The summed E-state index contributed by atoms with van der Waals surface area (Å²) in [5.74, 6) is 2.38. The second-order valence-corrected chi connectivity index (χ2v) is 20.9. The zero-order valence-electron chi connectivity index (χ0n) is 33.8. The third-order valence-corrected chi connectivity index (χ3v) is 17.4. The topological polar surface area (TPSA) is 97.8 Å². The molecule has 8 rings (SSSR count). The maximum Gasteiger partial charge on any atom is 0.410 e. The lowest BCUT2D eigenvalue weighted by atomic mass is 9.41. The van der Waals surface area contributed by atoms with Crippen molar-refractivity contribution in [1.29, 1.82) is 0 Å². The lowest BCUT2D eigenvalue weighted by Gasteiger charge is -2.64. The number of ether oxygens (including phenoxy) is 4. The lowest BCUT2D eigenvalue weighted by molar-refractivity contribution is -0.248. The van der Waals surface area contributed by atoms with Crippen molar-refractivity contribution in [3.63, 3.8) is 0 Å². The predicted molar refractivity (Wildman–Crippen MR) is 198 cm³/mol. The van der Waals surface area contributed by atoms with Crippen LogP contribution in [-0.2, 0) is 23.7 Å². The van der Waals surface area contributed by atoms with Gasteiger partial charge in [-0.3, -0.25) is 4.79 Å². The average molecular weight is 727 g/mol. The summed E-state index contributed by atoms with van der Waals surface area (Å²) in [6.45, 7) is 23.9. The van der Waals surface area contributed by atoms with Gasteiger partial charge in [0.05, 0.1) is 37.6 Å². The SMILES string of the molecule is CC(C)CC(=O)N1CCO[C@@H](OC2CCC34CC35CCC3(C)[C@@H]6C(OC(C(OC(=O)N7CCC7)C(C)C)C[C@H]6C)[C@H](O)[C@@]3(C)C5CC[C@H]4C2(C)C)C1. The van der Waals surface area contributed by atoms with E-state index in [0.29, 0.717) is 55.2 Å². The zero-order valence-corrected chi connectivity index (χ0v) is 33.8. The molecule has 1 N–H and O–H groups in total. The third kappa shape index (κ3) is 5.26. The van der Waals surface area contributed by atoms with Crippen LogP contribution in [0.25, 0.3) is 0 Å². The number of likely N-dealkylation sites (tertiary alicyclic amines) is 1. The summed E-state index contributed by atoms with van der Waals surface area (Å²) in [4.78, 5) is 29.6. The number of aliphatic hydroxyl groups excluding tert-OH is 1. The highest BCUT2D eigenvalue weighted by atomic mass is 16.7. The molecule has 3 aliphatic heterocycles. The fraction of sp³-hybridized carbons (Fsp3) is 0.953. The monoisotopic (exact) mass is 727 g/mol. The first-order valence-corrected chi connectivity index (χ1v) is 21.3. The van der Waals surface area contributed by atoms with Gasteiger partial charge in [0, 0.05) is 31.5 Å². The van der Waals surface area contributed by atoms with Crippen molar-refractivity contribution in [2.45, 2.75) is 163 Å². The summed E-state index contributed by atoms with van der Waals surface area (Å²) in [5, 5.41) is 12.7. The first kappa shape index (κ1) is 37.5. The molecule has 3 heterocycles. The number of morpholine rings is 1. The van der Waals surface area contributed by atoms with Gasteiger partial charge in [0.15, 0.2) is 6.29 Å². The van der Waals surface area contributed by atoms with Gasteiger partial charge in [0.25, 0.3) is 0 Å². The van der Waals surface area contributed by atoms with Gasteiger partial charge in [-0.15, -0.1) is 0 Å². The Bertz CT molecular complexity index is 1400. The van der Waals surface area contributed by atoms with Crippen LogP contribution in [0.1, 0.15) is 127 Å². The Morgan fingerprint density at radius 1 is 0.923 bits per heavy atom. The average Bonchev–Trinajstić information content (AvgIpc) is 3.68. The molecule has 9 heteroatoms. The van der Waals surface area contributed by atoms with Crippen LogP contribution in [0, 0.1) is 62.6 Å². The van der Waals surface area contributed by atoms with Gasteiger partial charge < -0.3 is 33.9 Å². The van der Waals surface area contributed by atoms with Crippen LogP contribution in [0.3, 0.4) is 0 Å². The number of fused-ring (bicyclic) bond motifs is 4. The number of carbonyl (C=O) groups excluding carboxylic acids is 2. The standard InChI is InChI=1S/C43H70N2O7/c1-25(2)21-32(46)45-19-20-49-33(23-45)51-31-13-14-42-24-43(42)16-15-40(8)34-27(5)22-28(35(26(3)4)52-38(48)44-17-10-18-44)50-36(34)37(47)41(40,9)30(43)12-11-29(42)39(31,6)7/h25-31,33-37,47H,10-24H2,1-9H3/t27-,28?,29+,30?,31?,33+,34+,35?,36?,37+,40?,41-,42?,43?/m1/s1. The fourth-order valence-corrected chi connectivity index (χ4v) is 14.7. The molecule has 0 aromatic rings. The molecule has 0 bridgehead atoms. The second-order valence-electron chi connectivity index (χ2n) is 20.9. The Morgan fingerprint density at radius 2 is 1.63 bits per heavy atom. The minimum Gasteiger partial charge on any atom is -0.443 e. The summed E-state index contributed by atoms with van der Waals surface area (Å²) in [5.41, 5.74) is 0.307. The van der Waals surface area contributed by atoms with Gasteiger partial charge in [-0.05, 0) is 115 Å². The molecular formula is C43H70N2O7. The summed E-state index contributed by atoms with van der Waals surface area (Å²) >= 11 is 0. The first-order chi connectivity index (χ1) is 24.5. The highest BCUT2D eigenvalue weighted by Crippen LogP contribution is 2.89. The molecule has 0 aromatic carbocycles. The van der Waals surface area contributed by atoms with Crippen molar-refractivity contribution in [1.82, 2.24) is 9.80 Å². The summed E-state index contributed by atoms with van der Waals surface area (Å²) < 4.78 is 26.2. The van der Waals surface area contributed by atoms with E-state index in [-0.39, 0.29) is 76.2 Å². The zero-order chi connectivity index (χ0) is 37.2. The number of hydrogen-bond donors (Lipinski definition) is 1. The van der Waals surface area contributed by atoms with Gasteiger partial charge in [0.2, 0.25) is 5.91 Å². The number of aliphatic hydroxyl groups is 1. The Hall–Kier alpha value is -1.42. The quantitative estimate of drug-likeness (QED) is 0.295. The molecule has 0 aromatic heterocycles. The van der Waals surface area contributed by atoms with Crippen molar-refractivity contribution in [2.75, 3.05) is 32.8 Å². The number of rotatable bonds is 7. The van der Waals surface area contributed by atoms with Crippen LogP contribution in [0.15, 0.2) is 0 Å². The summed E-state index contributed by atoms with van der Waals surface area (Å²) in [7, 11) is 0. The predicted octanol–water partition coefficient (Wildman–Crippen LogP) is 7.28. The second kappa shape index (κ2) is 12.8. The van der Waals surface area contributed by atoms with Crippen LogP contribution in [0.4, 0.5) is 4.79 Å². The minimum absolute atomic E-state index is 0.00553. The number of carbonyl (C=O) groups is 2. The molecule has 294 valence electrons. The smallest absolute Gasteiger partial charge is 0.410 e. The maximum atomic E-state index is 13.0. The van der Waals surface area contributed by atoms with Gasteiger partial charge in [-0.2, -0.15) is 0 Å². The van der Waals surface area contributed by atoms with Crippen molar-refractivity contribution in [2.24, 2.45) is 62.6 Å². The van der Waals surface area contributed by atoms with E-state index in [2.05, 4.69) is 62.3 Å². The molecule has 8 aliphatic rings. The molecule has 2 amide bonds. The number of hydrogen-bond acceptors (Lipinski definition) is 7. The van der Waals surface area contributed by atoms with Crippen molar-refractivity contribution in [3.8, 4) is 0 Å². The van der Waals surface area contributed by atoms with E-state index >= 15 is 0 Å². The molecule has 5 aliphatic carbocycles. The summed E-state index contributed by atoms with van der Waals surface area (Å²) in [6, 6.07) is 0. The van der Waals surface area contributed by atoms with E-state index in [1.54, 1.807) is 4.90 Å². The third-order valence-electron chi connectivity index (χ3n) is 17.4. The molecule has 3 saturated heterocycles. The van der Waals surface area contributed by atoms with E-state index in [1.165, 1.54) is 25.7 Å². The lowest BCUT2D eigenvalue weighted by Crippen LogP contribution is -2.60. The Morgan fingerprint density at radius 3 is 2.31 bits per heavy atom. The van der Waals surface area contributed by atoms with E-state index in [9.17, 15) is 14.7 Å². The highest BCUT2D eigenvalue weighted by Gasteiger charge is 2.84. The van der Waals surface area contributed by atoms with Gasteiger partial charge in [-0.1, -0.05) is 62.3 Å². The van der Waals surface area contributed by atoms with Crippen molar-refractivity contribution in [3.05, 3.63) is 0 Å². The van der Waals surface area contributed by atoms with E-state index < -0.39 is 6.10 Å². The van der Waals surface area contributed by atoms with E-state index in [0.717, 1.165) is 45.2 Å². The van der Waals surface area contributed by atoms with E-state index in [4.69, 9.17) is 18.9 Å². The fourth-order valence-electron chi connectivity index (χ4n) is 14.7. The largest absolute Gasteiger partial charge is 0.443 e. The van der Waals surface area contributed by atoms with Crippen LogP contribution in [0.2, 0.25) is 0 Å². The Kier molecular flexibility index (Phi) is 9.24. The van der Waals surface area contributed by atoms with E-state index in [1.807, 2.05) is 4.90 Å². The number of amides is 2. The maximum absolute atomic E-state index is 13.0. The number of nitrogens with zero attached hydrogens (tertiary/aromatic N) is 2. The normalized spacial score (nSPS) is 48.1. The molecule has 52 heavy (non-hydrogen) atoms. The molecule has 8 fully saturated rings. The Balaban J connectivity index is 0.994. The van der Waals surface area contributed by atoms with Crippen LogP contribution < -0.4 is 0 Å². The summed E-state index contributed by atoms with van der Waals surface area (Å²) in [6.07, 6.45) is 8.86. The van der Waals surface area contributed by atoms with Gasteiger partial charge in [-0.25, -0.2) is 4.79 Å². The molecule has 5 saturated carbocycles. The van der Waals surface area contributed by atoms with Gasteiger partial charge >= 0.3 is 6.09 Å². The van der Waals surface area contributed by atoms with Crippen LogP contribution in [-0.4, -0.2) is 96.5 Å². The highest BCUT2D eigenvalue weighted by molar-refractivity contribution is 5.76. The molecule has 2 spiro atoms. The molecule has 0 radical (unpaired) electrons. The molecule has 9 nitrogen and oxygen atoms in total. The molecular weight excluding hydrogens is 656 g/mol.